The summed E-state index contributed by atoms with van der Waals surface area (Å²) in [6.07, 6.45) is 3.45. The van der Waals surface area contributed by atoms with Gasteiger partial charge in [0, 0.05) is 19.1 Å². The minimum Gasteiger partial charge on any atom is -0.382 e. The average Bonchev–Trinajstić information content (AvgIpc) is 2.72. The quantitative estimate of drug-likeness (QED) is 0.801. The molecule has 5 nitrogen and oxygen atoms in total. The summed E-state index contributed by atoms with van der Waals surface area (Å²) in [7, 11) is 1.68. The molecule has 0 aromatic rings. The largest absolute Gasteiger partial charge is 0.382 e. The van der Waals surface area contributed by atoms with E-state index in [2.05, 4.69) is 19.2 Å². The predicted molar refractivity (Wildman–Crippen MR) is 78.5 cm³/mol. The number of hydrogen-bond donors (Lipinski definition) is 1. The van der Waals surface area contributed by atoms with E-state index in [1.165, 1.54) is 0 Å². The maximum absolute atomic E-state index is 11.8. The first-order valence-electron chi connectivity index (χ1n) is 7.59. The predicted octanol–water partition coefficient (Wildman–Crippen LogP) is 1.67. The van der Waals surface area contributed by atoms with Gasteiger partial charge in [-0.05, 0) is 31.1 Å². The van der Waals surface area contributed by atoms with Gasteiger partial charge in [0.05, 0.1) is 18.8 Å². The minimum absolute atomic E-state index is 0.0370. The fraction of sp³-hybridized carbons (Fsp3) is 0.750. The van der Waals surface area contributed by atoms with Crippen LogP contribution >= 0.6 is 0 Å². The molecule has 0 saturated carbocycles. The summed E-state index contributed by atoms with van der Waals surface area (Å²) in [5, 5.41) is 2.40. The van der Waals surface area contributed by atoms with Gasteiger partial charge in [0.2, 0.25) is 5.91 Å². The van der Waals surface area contributed by atoms with Crippen LogP contribution in [0.15, 0.2) is 11.6 Å². The Balaban J connectivity index is 2.07. The second kappa shape index (κ2) is 6.71. The maximum Gasteiger partial charge on any atom is 0.253 e. The smallest absolute Gasteiger partial charge is 0.253 e. The van der Waals surface area contributed by atoms with E-state index in [1.807, 2.05) is 6.08 Å². The van der Waals surface area contributed by atoms with E-state index in [0.29, 0.717) is 24.5 Å². The number of hydrogen-bond acceptors (Lipinski definition) is 4. The fourth-order valence-corrected chi connectivity index (χ4v) is 3.20. The van der Waals surface area contributed by atoms with Crippen molar-refractivity contribution in [3.05, 3.63) is 11.6 Å². The zero-order valence-corrected chi connectivity index (χ0v) is 13.2. The van der Waals surface area contributed by atoms with Gasteiger partial charge in [-0.3, -0.25) is 14.9 Å². The molecule has 1 saturated heterocycles. The highest BCUT2D eigenvalue weighted by Crippen LogP contribution is 2.35. The number of carbonyl (C=O) groups excluding carboxylic acids is 2. The molecule has 2 amide bonds. The highest BCUT2D eigenvalue weighted by molar-refractivity contribution is 6.04. The lowest BCUT2D eigenvalue weighted by atomic mass is 9.83. The zero-order chi connectivity index (χ0) is 15.6. The monoisotopic (exact) mass is 295 g/mol. The molecule has 0 bridgehead atoms. The van der Waals surface area contributed by atoms with Gasteiger partial charge in [0.25, 0.3) is 5.91 Å². The Labute approximate surface area is 126 Å². The summed E-state index contributed by atoms with van der Waals surface area (Å²) in [5.41, 5.74) is 0.609. The van der Waals surface area contributed by atoms with Gasteiger partial charge < -0.3 is 9.47 Å². The highest BCUT2D eigenvalue weighted by Gasteiger charge is 2.38. The first-order chi connectivity index (χ1) is 9.92. The molecular formula is C16H25NO4. The first-order valence-corrected chi connectivity index (χ1v) is 7.59. The normalized spacial score (nSPS) is 35.1. The standard InChI is InChI=1S/C16H25NO4/c1-9-6-13(21-14(9)8-20-4)11(3)12-5-10(2)16(19)17-15(18)7-12/h5,9,11-14H,6-8H2,1-4H3,(H,17,18,19). The molecule has 0 aliphatic carbocycles. The van der Waals surface area contributed by atoms with Crippen LogP contribution in [0.5, 0.6) is 0 Å². The van der Waals surface area contributed by atoms with E-state index in [9.17, 15) is 9.59 Å². The lowest BCUT2D eigenvalue weighted by molar-refractivity contribution is -0.128. The molecule has 0 radical (unpaired) electrons. The molecule has 0 aromatic carbocycles. The molecule has 118 valence electrons. The molecule has 2 rings (SSSR count). The summed E-state index contributed by atoms with van der Waals surface area (Å²) in [4.78, 5) is 23.4. The third kappa shape index (κ3) is 3.71. The molecule has 2 aliphatic rings. The molecule has 2 heterocycles. The molecule has 5 unspecified atom stereocenters. The van der Waals surface area contributed by atoms with E-state index in [1.54, 1.807) is 14.0 Å². The number of allylic oxidation sites excluding steroid dienone is 1. The lowest BCUT2D eigenvalue weighted by Crippen LogP contribution is -2.31. The summed E-state index contributed by atoms with van der Waals surface area (Å²) < 4.78 is 11.3. The van der Waals surface area contributed by atoms with Gasteiger partial charge in [-0.2, -0.15) is 0 Å². The van der Waals surface area contributed by atoms with Crippen LogP contribution in [0.2, 0.25) is 0 Å². The van der Waals surface area contributed by atoms with E-state index < -0.39 is 0 Å². The van der Waals surface area contributed by atoms with Crippen molar-refractivity contribution in [2.75, 3.05) is 13.7 Å². The topological polar surface area (TPSA) is 64.6 Å². The minimum atomic E-state index is -0.285. The molecule has 1 N–H and O–H groups in total. The van der Waals surface area contributed by atoms with Crippen LogP contribution in [0, 0.1) is 17.8 Å². The van der Waals surface area contributed by atoms with Gasteiger partial charge in [-0.1, -0.05) is 19.9 Å². The number of ether oxygens (including phenoxy) is 2. The molecular weight excluding hydrogens is 270 g/mol. The highest BCUT2D eigenvalue weighted by atomic mass is 16.5. The fourth-order valence-electron chi connectivity index (χ4n) is 3.20. The second-order valence-corrected chi connectivity index (χ2v) is 6.34. The van der Waals surface area contributed by atoms with Crippen molar-refractivity contribution >= 4 is 11.8 Å². The van der Waals surface area contributed by atoms with Crippen LogP contribution < -0.4 is 5.32 Å². The van der Waals surface area contributed by atoms with Crippen molar-refractivity contribution in [3.8, 4) is 0 Å². The Morgan fingerprint density at radius 2 is 2.19 bits per heavy atom. The van der Waals surface area contributed by atoms with Gasteiger partial charge >= 0.3 is 0 Å². The van der Waals surface area contributed by atoms with Crippen molar-refractivity contribution in [2.24, 2.45) is 17.8 Å². The van der Waals surface area contributed by atoms with E-state index in [-0.39, 0.29) is 35.9 Å². The molecule has 0 spiro atoms. The zero-order valence-electron chi connectivity index (χ0n) is 13.2. The molecule has 2 aliphatic heterocycles. The van der Waals surface area contributed by atoms with E-state index in [0.717, 1.165) is 6.42 Å². The number of carbonyl (C=O) groups is 2. The number of amides is 2. The number of nitrogens with one attached hydrogen (secondary N) is 1. The number of methoxy groups -OCH3 is 1. The number of rotatable bonds is 4. The molecule has 21 heavy (non-hydrogen) atoms. The third-order valence-electron chi connectivity index (χ3n) is 4.68. The molecule has 5 atom stereocenters. The van der Waals surface area contributed by atoms with Gasteiger partial charge in [0.1, 0.15) is 0 Å². The van der Waals surface area contributed by atoms with Crippen LogP contribution in [0.25, 0.3) is 0 Å². The first kappa shape index (κ1) is 16.2. The molecule has 5 heteroatoms. The van der Waals surface area contributed by atoms with Crippen LogP contribution in [0.1, 0.15) is 33.6 Å². The Bertz CT molecular complexity index is 446. The second-order valence-electron chi connectivity index (χ2n) is 6.34. The Hall–Kier alpha value is -1.20. The Kier molecular flexibility index (Phi) is 5.17. The van der Waals surface area contributed by atoms with Crippen molar-refractivity contribution < 1.29 is 19.1 Å². The number of imide groups is 1. The summed E-state index contributed by atoms with van der Waals surface area (Å²) in [6.45, 7) is 6.62. The SMILES string of the molecule is COCC1OC(C(C)C2C=C(C)C(=O)NC(=O)C2)CC1C. The summed E-state index contributed by atoms with van der Waals surface area (Å²) in [5.74, 6) is 0.191. The Morgan fingerprint density at radius 3 is 2.86 bits per heavy atom. The van der Waals surface area contributed by atoms with Crippen molar-refractivity contribution in [1.29, 1.82) is 0 Å². The van der Waals surface area contributed by atoms with Crippen LogP contribution in [-0.4, -0.2) is 37.7 Å². The van der Waals surface area contributed by atoms with Gasteiger partial charge in [0.15, 0.2) is 0 Å². The maximum atomic E-state index is 11.8. The third-order valence-corrected chi connectivity index (χ3v) is 4.68. The average molecular weight is 295 g/mol. The van der Waals surface area contributed by atoms with Crippen molar-refractivity contribution in [1.82, 2.24) is 5.32 Å². The van der Waals surface area contributed by atoms with Gasteiger partial charge in [-0.25, -0.2) is 0 Å². The summed E-state index contributed by atoms with van der Waals surface area (Å²) in [6, 6.07) is 0. The summed E-state index contributed by atoms with van der Waals surface area (Å²) >= 11 is 0. The molecule has 1 fully saturated rings. The molecule has 0 aromatic heterocycles. The lowest BCUT2D eigenvalue weighted by Gasteiger charge is -2.25. The van der Waals surface area contributed by atoms with Crippen molar-refractivity contribution in [3.63, 3.8) is 0 Å². The Morgan fingerprint density at radius 1 is 1.48 bits per heavy atom. The van der Waals surface area contributed by atoms with Crippen LogP contribution in [0.4, 0.5) is 0 Å². The van der Waals surface area contributed by atoms with Crippen molar-refractivity contribution in [2.45, 2.75) is 45.8 Å². The van der Waals surface area contributed by atoms with E-state index in [4.69, 9.17) is 9.47 Å². The van der Waals surface area contributed by atoms with Gasteiger partial charge in [-0.15, -0.1) is 0 Å². The van der Waals surface area contributed by atoms with Crippen LogP contribution in [0.3, 0.4) is 0 Å². The van der Waals surface area contributed by atoms with E-state index >= 15 is 0 Å². The van der Waals surface area contributed by atoms with Crippen LogP contribution in [-0.2, 0) is 19.1 Å².